The van der Waals surface area contributed by atoms with Crippen molar-refractivity contribution in [3.05, 3.63) is 59.4 Å². The van der Waals surface area contributed by atoms with Crippen molar-refractivity contribution >= 4 is 15.7 Å². The Bertz CT molecular complexity index is 863. The maximum atomic E-state index is 13.7. The van der Waals surface area contributed by atoms with Crippen molar-refractivity contribution in [2.75, 3.05) is 13.4 Å². The molecule has 7 heteroatoms. The molecule has 0 aliphatic heterocycles. The third kappa shape index (κ3) is 4.57. The summed E-state index contributed by atoms with van der Waals surface area (Å²) in [4.78, 5) is 12.6. The average molecular weight is 365 g/mol. The molecule has 1 amide bonds. The molecule has 134 valence electrons. The fraction of sp³-hybridized carbons (Fsp3) is 0.278. The molecule has 1 atom stereocenters. The van der Waals surface area contributed by atoms with Crippen LogP contribution < -0.4 is 10.1 Å². The first-order valence-electron chi connectivity index (χ1n) is 7.70. The summed E-state index contributed by atoms with van der Waals surface area (Å²) >= 11 is 0. The molecule has 0 spiro atoms. The van der Waals surface area contributed by atoms with Crippen LogP contribution in [0.5, 0.6) is 5.75 Å². The van der Waals surface area contributed by atoms with Gasteiger partial charge >= 0.3 is 0 Å². The topological polar surface area (TPSA) is 72.5 Å². The molecule has 1 N–H and O–H groups in total. The molecular formula is C18H20FNO4S. The number of nitrogens with one attached hydrogen (secondary N) is 1. The lowest BCUT2D eigenvalue weighted by Gasteiger charge is -2.18. The Kier molecular flexibility index (Phi) is 5.79. The lowest BCUT2D eigenvalue weighted by molar-refractivity contribution is 0.0935. The van der Waals surface area contributed by atoms with Crippen LogP contribution in [0, 0.1) is 5.82 Å². The molecule has 0 unspecified atom stereocenters. The predicted octanol–water partition coefficient (Wildman–Crippen LogP) is 3.12. The first kappa shape index (κ1) is 18.9. The summed E-state index contributed by atoms with van der Waals surface area (Å²) in [5.74, 6) is -0.957. The summed E-state index contributed by atoms with van der Waals surface area (Å²) in [5.41, 5.74) is 0.960. The van der Waals surface area contributed by atoms with Crippen molar-refractivity contribution in [2.45, 2.75) is 24.3 Å². The first-order chi connectivity index (χ1) is 11.8. The second-order valence-corrected chi connectivity index (χ2v) is 7.64. The fourth-order valence-electron chi connectivity index (χ4n) is 2.42. The number of sulfone groups is 1. The molecular weight excluding hydrogens is 345 g/mol. The fourth-order valence-corrected chi connectivity index (χ4v) is 3.05. The van der Waals surface area contributed by atoms with E-state index < -0.39 is 21.6 Å². The van der Waals surface area contributed by atoms with E-state index in [0.29, 0.717) is 6.42 Å². The van der Waals surface area contributed by atoms with Gasteiger partial charge in [-0.2, -0.15) is 0 Å². The van der Waals surface area contributed by atoms with E-state index in [2.05, 4.69) is 5.32 Å². The van der Waals surface area contributed by atoms with Gasteiger partial charge in [-0.05, 0) is 42.3 Å². The minimum atomic E-state index is -3.27. The van der Waals surface area contributed by atoms with Crippen LogP contribution in [0.4, 0.5) is 4.39 Å². The van der Waals surface area contributed by atoms with Gasteiger partial charge in [-0.1, -0.05) is 19.1 Å². The SMILES string of the molecule is CC[C@H](NC(=O)c1ccc(OC)c(F)c1)c1ccc(S(C)(=O)=O)cc1. The quantitative estimate of drug-likeness (QED) is 0.854. The summed E-state index contributed by atoms with van der Waals surface area (Å²) in [6, 6.07) is 10.0. The second kappa shape index (κ2) is 7.65. The number of amides is 1. The Labute approximate surface area is 146 Å². The van der Waals surface area contributed by atoms with E-state index in [4.69, 9.17) is 4.74 Å². The van der Waals surface area contributed by atoms with E-state index in [1.807, 2.05) is 6.92 Å². The molecule has 2 rings (SSSR count). The smallest absolute Gasteiger partial charge is 0.251 e. The lowest BCUT2D eigenvalue weighted by atomic mass is 10.0. The first-order valence-corrected chi connectivity index (χ1v) is 9.59. The highest BCUT2D eigenvalue weighted by Crippen LogP contribution is 2.21. The maximum Gasteiger partial charge on any atom is 0.251 e. The van der Waals surface area contributed by atoms with Crippen LogP contribution in [0.15, 0.2) is 47.4 Å². The molecule has 0 aromatic heterocycles. The molecule has 0 aliphatic carbocycles. The number of ether oxygens (including phenoxy) is 1. The zero-order valence-corrected chi connectivity index (χ0v) is 15.1. The molecule has 0 fully saturated rings. The van der Waals surface area contributed by atoms with Crippen LogP contribution in [0.3, 0.4) is 0 Å². The van der Waals surface area contributed by atoms with Gasteiger partial charge in [0.05, 0.1) is 18.0 Å². The number of carbonyl (C=O) groups is 1. The molecule has 0 aliphatic rings. The number of hydrogen-bond donors (Lipinski definition) is 1. The number of benzene rings is 2. The molecule has 0 saturated heterocycles. The number of rotatable bonds is 6. The Morgan fingerprint density at radius 3 is 2.32 bits per heavy atom. The number of halogens is 1. The predicted molar refractivity (Wildman–Crippen MR) is 93.0 cm³/mol. The Hall–Kier alpha value is -2.41. The van der Waals surface area contributed by atoms with Crippen LogP contribution in [0.25, 0.3) is 0 Å². The van der Waals surface area contributed by atoms with Gasteiger partial charge in [0.15, 0.2) is 21.4 Å². The van der Waals surface area contributed by atoms with Crippen LogP contribution >= 0.6 is 0 Å². The van der Waals surface area contributed by atoms with Gasteiger partial charge < -0.3 is 10.1 Å². The Morgan fingerprint density at radius 1 is 1.20 bits per heavy atom. The molecule has 25 heavy (non-hydrogen) atoms. The molecule has 2 aromatic rings. The van der Waals surface area contributed by atoms with Gasteiger partial charge in [0.25, 0.3) is 5.91 Å². The van der Waals surface area contributed by atoms with Crippen LogP contribution in [0.2, 0.25) is 0 Å². The summed E-state index contributed by atoms with van der Waals surface area (Å²) in [6.07, 6.45) is 1.74. The van der Waals surface area contributed by atoms with Gasteiger partial charge in [0, 0.05) is 11.8 Å². The molecule has 0 radical (unpaired) electrons. The molecule has 0 saturated carbocycles. The highest BCUT2D eigenvalue weighted by molar-refractivity contribution is 7.90. The summed E-state index contributed by atoms with van der Waals surface area (Å²) in [6.45, 7) is 1.89. The second-order valence-electron chi connectivity index (χ2n) is 5.62. The van der Waals surface area contributed by atoms with Crippen molar-refractivity contribution in [1.29, 1.82) is 0 Å². The highest BCUT2D eigenvalue weighted by atomic mass is 32.2. The summed E-state index contributed by atoms with van der Waals surface area (Å²) in [7, 11) is -1.92. The van der Waals surface area contributed by atoms with Gasteiger partial charge in [0.1, 0.15) is 0 Å². The highest BCUT2D eigenvalue weighted by Gasteiger charge is 2.16. The summed E-state index contributed by atoms with van der Waals surface area (Å²) < 4.78 is 41.6. The van der Waals surface area contributed by atoms with Gasteiger partial charge in [-0.15, -0.1) is 0 Å². The van der Waals surface area contributed by atoms with Gasteiger partial charge in [0.2, 0.25) is 0 Å². The van der Waals surface area contributed by atoms with Gasteiger partial charge in [-0.3, -0.25) is 4.79 Å². The number of hydrogen-bond acceptors (Lipinski definition) is 4. The minimum absolute atomic E-state index is 0.0694. The van der Waals surface area contributed by atoms with Crippen LogP contribution in [0.1, 0.15) is 35.3 Å². The van der Waals surface area contributed by atoms with Crippen molar-refractivity contribution in [2.24, 2.45) is 0 Å². The zero-order chi connectivity index (χ0) is 18.6. The third-order valence-electron chi connectivity index (χ3n) is 3.84. The Balaban J connectivity index is 2.18. The average Bonchev–Trinajstić information content (AvgIpc) is 2.58. The Morgan fingerprint density at radius 2 is 1.84 bits per heavy atom. The lowest BCUT2D eigenvalue weighted by Crippen LogP contribution is -2.28. The molecule has 2 aromatic carbocycles. The van der Waals surface area contributed by atoms with Crippen LogP contribution in [-0.2, 0) is 9.84 Å². The normalized spacial score (nSPS) is 12.5. The van der Waals surface area contributed by atoms with E-state index in [0.717, 1.165) is 17.9 Å². The van der Waals surface area contributed by atoms with Crippen molar-refractivity contribution < 1.29 is 22.3 Å². The standard InChI is InChI=1S/C18H20FNO4S/c1-4-16(12-5-8-14(9-6-12)25(3,22)23)20-18(21)13-7-10-17(24-2)15(19)11-13/h5-11,16H,4H2,1-3H3,(H,20,21)/t16-/m0/s1. The maximum absolute atomic E-state index is 13.7. The van der Waals surface area contributed by atoms with E-state index in [-0.39, 0.29) is 22.3 Å². The summed E-state index contributed by atoms with van der Waals surface area (Å²) in [5, 5.41) is 2.83. The van der Waals surface area contributed by atoms with E-state index in [9.17, 15) is 17.6 Å². The largest absolute Gasteiger partial charge is 0.494 e. The monoisotopic (exact) mass is 365 g/mol. The number of carbonyl (C=O) groups excluding carboxylic acids is 1. The zero-order valence-electron chi connectivity index (χ0n) is 14.2. The van der Waals surface area contributed by atoms with Crippen molar-refractivity contribution in [1.82, 2.24) is 5.32 Å². The molecule has 0 heterocycles. The molecule has 5 nitrogen and oxygen atoms in total. The van der Waals surface area contributed by atoms with E-state index >= 15 is 0 Å². The minimum Gasteiger partial charge on any atom is -0.494 e. The van der Waals surface area contributed by atoms with E-state index in [1.165, 1.54) is 31.4 Å². The molecule has 0 bridgehead atoms. The van der Waals surface area contributed by atoms with E-state index in [1.54, 1.807) is 12.1 Å². The van der Waals surface area contributed by atoms with Gasteiger partial charge in [-0.25, -0.2) is 12.8 Å². The van der Waals surface area contributed by atoms with Crippen molar-refractivity contribution in [3.8, 4) is 5.75 Å². The third-order valence-corrected chi connectivity index (χ3v) is 4.97. The number of methoxy groups -OCH3 is 1. The van der Waals surface area contributed by atoms with Crippen LogP contribution in [-0.4, -0.2) is 27.7 Å². The van der Waals surface area contributed by atoms with Crippen molar-refractivity contribution in [3.63, 3.8) is 0 Å².